The van der Waals surface area contributed by atoms with Gasteiger partial charge >= 0.3 is 0 Å². The molecular formula is C8H17ClO2SSi. The second-order valence-electron chi connectivity index (χ2n) is 4.29. The van der Waals surface area contributed by atoms with E-state index in [1.807, 2.05) is 0 Å². The maximum Gasteiger partial charge on any atom is 0.150 e. The zero-order valence-electron chi connectivity index (χ0n) is 8.54. The van der Waals surface area contributed by atoms with Crippen molar-refractivity contribution in [3.63, 3.8) is 0 Å². The van der Waals surface area contributed by atoms with Gasteiger partial charge in [0.05, 0.1) is 13.8 Å². The van der Waals surface area contributed by atoms with Gasteiger partial charge in [-0.2, -0.15) is 0 Å². The molecule has 0 saturated heterocycles. The molecular weight excluding hydrogens is 224 g/mol. The van der Waals surface area contributed by atoms with E-state index in [9.17, 15) is 8.42 Å². The fourth-order valence-corrected chi connectivity index (χ4v) is 1.92. The lowest BCUT2D eigenvalue weighted by Crippen LogP contribution is -2.32. The maximum absolute atomic E-state index is 10.8. The Hall–Kier alpha value is 0.197. The Morgan fingerprint density at radius 3 is 2.15 bits per heavy atom. The van der Waals surface area contributed by atoms with Crippen molar-refractivity contribution in [2.75, 3.05) is 12.0 Å². The predicted octanol–water partition coefficient (Wildman–Crippen LogP) is 2.07. The van der Waals surface area contributed by atoms with Crippen molar-refractivity contribution in [2.24, 2.45) is 0 Å². The number of sulfone groups is 1. The summed E-state index contributed by atoms with van der Waals surface area (Å²) in [6.07, 6.45) is 4.66. The van der Waals surface area contributed by atoms with Crippen molar-refractivity contribution in [1.82, 2.24) is 0 Å². The number of hydrogen-bond donors (Lipinski definition) is 0. The van der Waals surface area contributed by atoms with E-state index in [-0.39, 0.29) is 10.8 Å². The molecule has 0 aliphatic rings. The fourth-order valence-electron chi connectivity index (χ4n) is 0.638. The van der Waals surface area contributed by atoms with Gasteiger partial charge in [-0.25, -0.2) is 8.42 Å². The molecule has 2 nitrogen and oxygen atoms in total. The molecule has 0 saturated carbocycles. The Bertz CT molecular complexity index is 277. The van der Waals surface area contributed by atoms with Crippen LogP contribution in [0.4, 0.5) is 0 Å². The van der Waals surface area contributed by atoms with Gasteiger partial charge in [0, 0.05) is 11.3 Å². The second kappa shape index (κ2) is 4.62. The zero-order chi connectivity index (χ0) is 10.7. The molecule has 0 N–H and O–H groups in total. The molecule has 0 aliphatic carbocycles. The molecule has 0 aromatic rings. The summed E-state index contributed by atoms with van der Waals surface area (Å²) < 4.78 is 21.6. The van der Waals surface area contributed by atoms with Crippen LogP contribution in [0.2, 0.25) is 19.6 Å². The van der Waals surface area contributed by atoms with Gasteiger partial charge in [-0.15, -0.1) is 11.6 Å². The summed E-state index contributed by atoms with van der Waals surface area (Å²) in [7, 11) is -4.27. The molecule has 0 rings (SSSR count). The van der Waals surface area contributed by atoms with Gasteiger partial charge in [0.25, 0.3) is 0 Å². The first-order valence-corrected chi connectivity index (χ1v) is 10.2. The average molecular weight is 241 g/mol. The van der Waals surface area contributed by atoms with Crippen LogP contribution in [-0.2, 0) is 9.84 Å². The topological polar surface area (TPSA) is 34.1 Å². The molecule has 0 spiro atoms. The Morgan fingerprint density at radius 1 is 1.38 bits per heavy atom. The van der Waals surface area contributed by atoms with E-state index in [0.717, 1.165) is 0 Å². The number of hydrogen-bond acceptors (Lipinski definition) is 2. The molecule has 0 aromatic heterocycles. The van der Waals surface area contributed by atoms with Crippen LogP contribution >= 0.6 is 11.6 Å². The third kappa shape index (κ3) is 7.28. The summed E-state index contributed by atoms with van der Waals surface area (Å²) in [4.78, 5) is 0. The lowest BCUT2D eigenvalue weighted by atomic mass is 10.6. The minimum absolute atomic E-state index is 0.00856. The van der Waals surface area contributed by atoms with Gasteiger partial charge in [-0.3, -0.25) is 0 Å². The fraction of sp³-hybridized carbons (Fsp3) is 0.750. The quantitative estimate of drug-likeness (QED) is 0.428. The van der Waals surface area contributed by atoms with Gasteiger partial charge in [0.15, 0.2) is 9.84 Å². The molecule has 1 unspecified atom stereocenters. The molecule has 1 atom stereocenters. The van der Waals surface area contributed by atoms with E-state index in [1.165, 1.54) is 6.26 Å². The average Bonchev–Trinajstić information content (AvgIpc) is 1.82. The molecule has 0 heterocycles. The van der Waals surface area contributed by atoms with E-state index in [1.54, 1.807) is 12.2 Å². The third-order valence-corrected chi connectivity index (χ3v) is 6.29. The minimum atomic E-state index is -2.90. The lowest BCUT2D eigenvalue weighted by molar-refractivity contribution is 0.604. The third-order valence-electron chi connectivity index (χ3n) is 1.53. The van der Waals surface area contributed by atoms with Crippen LogP contribution in [0, 0.1) is 0 Å². The normalized spacial score (nSPS) is 16.4. The van der Waals surface area contributed by atoms with Crippen LogP contribution in [0.1, 0.15) is 0 Å². The van der Waals surface area contributed by atoms with Crippen molar-refractivity contribution in [3.8, 4) is 0 Å². The largest absolute Gasteiger partial charge is 0.229 e. The molecule has 0 aliphatic heterocycles. The van der Waals surface area contributed by atoms with Crippen molar-refractivity contribution in [2.45, 2.75) is 24.6 Å². The van der Waals surface area contributed by atoms with Crippen LogP contribution in [0.3, 0.4) is 0 Å². The van der Waals surface area contributed by atoms with Crippen molar-refractivity contribution < 1.29 is 8.42 Å². The molecule has 0 aromatic carbocycles. The molecule has 5 heteroatoms. The van der Waals surface area contributed by atoms with Gasteiger partial charge in [-0.1, -0.05) is 31.8 Å². The maximum atomic E-state index is 10.8. The zero-order valence-corrected chi connectivity index (χ0v) is 11.1. The van der Waals surface area contributed by atoms with Crippen LogP contribution in [0.5, 0.6) is 0 Å². The number of allylic oxidation sites excluding steroid dienone is 1. The van der Waals surface area contributed by atoms with Crippen molar-refractivity contribution in [3.05, 3.63) is 12.2 Å². The van der Waals surface area contributed by atoms with E-state index in [2.05, 4.69) is 19.6 Å². The van der Waals surface area contributed by atoms with E-state index < -0.39 is 17.9 Å². The van der Waals surface area contributed by atoms with Crippen LogP contribution in [0.15, 0.2) is 12.2 Å². The molecule has 0 radical (unpaired) electrons. The minimum Gasteiger partial charge on any atom is -0.229 e. The first kappa shape index (κ1) is 13.2. The highest BCUT2D eigenvalue weighted by atomic mass is 35.5. The number of halogens is 1. The summed E-state index contributed by atoms with van der Waals surface area (Å²) in [6.45, 7) is 6.44. The SMILES string of the molecule is C[Si](C)(C)C(Cl)/C=C/CS(C)(=O)=O. The van der Waals surface area contributed by atoms with E-state index in [4.69, 9.17) is 11.6 Å². The molecule has 78 valence electrons. The van der Waals surface area contributed by atoms with Crippen molar-refractivity contribution >= 4 is 29.5 Å². The van der Waals surface area contributed by atoms with E-state index in [0.29, 0.717) is 0 Å². The lowest BCUT2D eigenvalue weighted by Gasteiger charge is -2.19. The molecule has 13 heavy (non-hydrogen) atoms. The molecule has 0 amide bonds. The summed E-state index contributed by atoms with van der Waals surface area (Å²) >= 11 is 6.07. The highest BCUT2D eigenvalue weighted by molar-refractivity contribution is 7.90. The van der Waals surface area contributed by atoms with Gasteiger partial charge in [0.2, 0.25) is 0 Å². The molecule has 0 fully saturated rings. The highest BCUT2D eigenvalue weighted by Gasteiger charge is 2.21. The van der Waals surface area contributed by atoms with Gasteiger partial charge in [0.1, 0.15) is 0 Å². The van der Waals surface area contributed by atoms with Crippen LogP contribution in [0.25, 0.3) is 0 Å². The Morgan fingerprint density at radius 2 is 1.85 bits per heavy atom. The highest BCUT2D eigenvalue weighted by Crippen LogP contribution is 2.15. The van der Waals surface area contributed by atoms with Gasteiger partial charge in [-0.05, 0) is 0 Å². The summed E-state index contributed by atoms with van der Waals surface area (Å²) in [5, 5.41) is 0.00856. The predicted molar refractivity (Wildman–Crippen MR) is 61.8 cm³/mol. The summed E-state index contributed by atoms with van der Waals surface area (Å²) in [5.74, 6) is 0.0840. The first-order chi connectivity index (χ1) is 5.63. The summed E-state index contributed by atoms with van der Waals surface area (Å²) in [5.41, 5.74) is 0. The van der Waals surface area contributed by atoms with Gasteiger partial charge < -0.3 is 0 Å². The first-order valence-electron chi connectivity index (χ1n) is 4.11. The van der Waals surface area contributed by atoms with E-state index >= 15 is 0 Å². The molecule has 0 bridgehead atoms. The van der Waals surface area contributed by atoms with Crippen molar-refractivity contribution in [1.29, 1.82) is 0 Å². The van der Waals surface area contributed by atoms with Crippen LogP contribution in [-0.4, -0.2) is 33.5 Å². The second-order valence-corrected chi connectivity index (χ2v) is 12.7. The monoisotopic (exact) mass is 240 g/mol. The van der Waals surface area contributed by atoms with Crippen LogP contribution < -0.4 is 0 Å². The number of alkyl halides is 1. The standard InChI is InChI=1S/C8H17ClO2SSi/c1-12(10,11)7-5-6-8(9)13(2,3)4/h5-6,8H,7H2,1-4H3/b6-5+. The Balaban J connectivity index is 4.16. The Kier molecular flexibility index (Phi) is 4.69. The summed E-state index contributed by atoms with van der Waals surface area (Å²) in [6, 6.07) is 0. The smallest absolute Gasteiger partial charge is 0.150 e. The Labute approximate surface area is 86.9 Å². The number of rotatable bonds is 4.